The van der Waals surface area contributed by atoms with Crippen molar-refractivity contribution in [1.82, 2.24) is 0 Å². The number of nitro groups is 1. The molecule has 0 fully saturated rings. The molecule has 142 valence electrons. The molecule has 0 aliphatic heterocycles. The van der Waals surface area contributed by atoms with Crippen molar-refractivity contribution in [3.05, 3.63) is 57.6 Å². The highest BCUT2D eigenvalue weighted by Gasteiger charge is 2.08. The average Bonchev–Trinajstić information content (AvgIpc) is 2.66. The van der Waals surface area contributed by atoms with Gasteiger partial charge >= 0.3 is 0 Å². The van der Waals surface area contributed by atoms with E-state index >= 15 is 0 Å². The number of phenols is 2. The number of ether oxygens (including phenoxy) is 1. The molecule has 2 N–H and O–H groups in total. The Balaban J connectivity index is 1.77. The highest BCUT2D eigenvalue weighted by molar-refractivity contribution is 5.84. The number of non-ortho nitro benzene ring substituents is 1. The van der Waals surface area contributed by atoms with Gasteiger partial charge in [-0.1, -0.05) is 16.4 Å². The summed E-state index contributed by atoms with van der Waals surface area (Å²) < 4.78 is 4.98. The fraction of sp³-hybridized carbons (Fsp3) is 0.176. The highest BCUT2D eigenvalue weighted by atomic mass is 16.7. The zero-order chi connectivity index (χ0) is 19.6. The van der Waals surface area contributed by atoms with Gasteiger partial charge in [-0.3, -0.25) is 10.1 Å². The third-order valence-electron chi connectivity index (χ3n) is 3.27. The average molecular weight is 375 g/mol. The lowest BCUT2D eigenvalue weighted by Gasteiger charge is -2.04. The Morgan fingerprint density at radius 1 is 1.07 bits per heavy atom. The van der Waals surface area contributed by atoms with Crippen LogP contribution < -0.4 is 4.74 Å². The number of nitro benzene ring substituents is 1. The number of rotatable bonds is 9. The summed E-state index contributed by atoms with van der Waals surface area (Å²) in [5.41, 5.74) is 0.402. The van der Waals surface area contributed by atoms with Gasteiger partial charge in [0.25, 0.3) is 5.69 Å². The maximum Gasteiger partial charge on any atom is 0.270 e. The van der Waals surface area contributed by atoms with Gasteiger partial charge in [-0.15, -0.1) is 0 Å². The molecule has 2 aromatic carbocycles. The molecule has 10 heteroatoms. The Morgan fingerprint density at radius 2 is 1.74 bits per heavy atom. The number of benzene rings is 2. The van der Waals surface area contributed by atoms with E-state index in [1.54, 1.807) is 18.2 Å². The van der Waals surface area contributed by atoms with Crippen LogP contribution in [0.5, 0.6) is 17.2 Å². The summed E-state index contributed by atoms with van der Waals surface area (Å²) >= 11 is 0. The summed E-state index contributed by atoms with van der Waals surface area (Å²) in [4.78, 5) is 20.0. The van der Waals surface area contributed by atoms with E-state index in [2.05, 4.69) is 10.3 Å². The van der Waals surface area contributed by atoms with Crippen LogP contribution in [0.1, 0.15) is 11.1 Å². The van der Waals surface area contributed by atoms with Crippen LogP contribution in [-0.4, -0.2) is 47.9 Å². The Hall–Kier alpha value is -3.82. The molecule has 2 aromatic rings. The van der Waals surface area contributed by atoms with E-state index in [1.807, 2.05) is 0 Å². The molecule has 0 heterocycles. The van der Waals surface area contributed by atoms with Crippen LogP contribution in [0.25, 0.3) is 0 Å². The number of hydrogen-bond donors (Lipinski definition) is 2. The SMILES string of the molecule is COc1cccc(/C=N/OCCO/N=C/c2cc([N+](=O)[O-])ccc2O)c1O. The molecule has 0 spiro atoms. The van der Waals surface area contributed by atoms with E-state index in [4.69, 9.17) is 14.4 Å². The van der Waals surface area contributed by atoms with Crippen LogP contribution in [0.4, 0.5) is 5.69 Å². The fourth-order valence-corrected chi connectivity index (χ4v) is 1.94. The summed E-state index contributed by atoms with van der Waals surface area (Å²) in [6.45, 7) is 0.118. The number of para-hydroxylation sites is 1. The van der Waals surface area contributed by atoms with Crippen molar-refractivity contribution < 1.29 is 29.5 Å². The quantitative estimate of drug-likeness (QED) is 0.297. The van der Waals surface area contributed by atoms with Crippen LogP contribution in [-0.2, 0) is 9.68 Å². The van der Waals surface area contributed by atoms with Gasteiger partial charge < -0.3 is 24.6 Å². The van der Waals surface area contributed by atoms with E-state index in [1.165, 1.54) is 31.5 Å². The largest absolute Gasteiger partial charge is 0.507 e. The van der Waals surface area contributed by atoms with Gasteiger partial charge in [-0.2, -0.15) is 0 Å². The minimum atomic E-state index is -0.580. The van der Waals surface area contributed by atoms with Gasteiger partial charge in [-0.05, 0) is 18.2 Å². The minimum Gasteiger partial charge on any atom is -0.507 e. The van der Waals surface area contributed by atoms with Crippen LogP contribution in [0.15, 0.2) is 46.7 Å². The van der Waals surface area contributed by atoms with Crippen LogP contribution in [0.3, 0.4) is 0 Å². The lowest BCUT2D eigenvalue weighted by Crippen LogP contribution is -1.98. The smallest absolute Gasteiger partial charge is 0.270 e. The van der Waals surface area contributed by atoms with Gasteiger partial charge in [-0.25, -0.2) is 0 Å². The molecule has 2 rings (SSSR count). The zero-order valence-corrected chi connectivity index (χ0v) is 14.3. The molecule has 0 aliphatic rings. The summed E-state index contributed by atoms with van der Waals surface area (Å²) in [6.07, 6.45) is 2.47. The molecule has 0 bridgehead atoms. The number of oxime groups is 2. The molecular weight excluding hydrogens is 358 g/mol. The van der Waals surface area contributed by atoms with Gasteiger partial charge in [0, 0.05) is 23.3 Å². The second kappa shape index (κ2) is 9.61. The van der Waals surface area contributed by atoms with Gasteiger partial charge in [0.1, 0.15) is 5.75 Å². The van der Waals surface area contributed by atoms with Crippen molar-refractivity contribution in [2.45, 2.75) is 0 Å². The number of nitrogens with zero attached hydrogens (tertiary/aromatic N) is 3. The monoisotopic (exact) mass is 375 g/mol. The predicted molar refractivity (Wildman–Crippen MR) is 96.5 cm³/mol. The van der Waals surface area contributed by atoms with Crippen LogP contribution in [0.2, 0.25) is 0 Å². The standard InChI is InChI=1S/C17H17N3O7/c1-25-16-4-2-3-12(17(16)22)10-18-26-7-8-27-19-11-13-9-14(20(23)24)5-6-15(13)21/h2-6,9-11,21-22H,7-8H2,1H3/b18-10+,19-11+. The van der Waals surface area contributed by atoms with E-state index in [0.717, 1.165) is 6.21 Å². The number of phenolic OH excluding ortho intramolecular Hbond substituents is 2. The lowest BCUT2D eigenvalue weighted by atomic mass is 10.2. The second-order valence-electron chi connectivity index (χ2n) is 5.03. The topological polar surface area (TPSA) is 136 Å². The third kappa shape index (κ3) is 5.59. The number of methoxy groups -OCH3 is 1. The van der Waals surface area contributed by atoms with E-state index in [-0.39, 0.29) is 36.0 Å². The minimum absolute atomic E-state index is 0.0492. The first-order chi connectivity index (χ1) is 13.0. The first kappa shape index (κ1) is 19.5. The zero-order valence-electron chi connectivity index (χ0n) is 14.3. The third-order valence-corrected chi connectivity index (χ3v) is 3.27. The first-order valence-corrected chi connectivity index (χ1v) is 7.67. The predicted octanol–water partition coefficient (Wildman–Crippen LogP) is 2.42. The molecular formula is C17H17N3O7. The van der Waals surface area contributed by atoms with Crippen LogP contribution in [0, 0.1) is 10.1 Å². The van der Waals surface area contributed by atoms with E-state index in [9.17, 15) is 20.3 Å². The van der Waals surface area contributed by atoms with Gasteiger partial charge in [0.2, 0.25) is 0 Å². The van der Waals surface area contributed by atoms with Crippen LogP contribution >= 0.6 is 0 Å². The fourth-order valence-electron chi connectivity index (χ4n) is 1.94. The van der Waals surface area contributed by atoms with Crippen molar-refractivity contribution in [3.8, 4) is 17.2 Å². The normalized spacial score (nSPS) is 11.0. The van der Waals surface area contributed by atoms with Crippen molar-refractivity contribution in [3.63, 3.8) is 0 Å². The first-order valence-electron chi connectivity index (χ1n) is 7.67. The summed E-state index contributed by atoms with van der Waals surface area (Å²) in [7, 11) is 1.44. The Morgan fingerprint density at radius 3 is 2.37 bits per heavy atom. The maximum absolute atomic E-state index is 10.7. The molecule has 0 aromatic heterocycles. The van der Waals surface area contributed by atoms with Crippen molar-refractivity contribution in [2.75, 3.05) is 20.3 Å². The summed E-state index contributed by atoms with van der Waals surface area (Å²) in [6, 6.07) is 8.49. The van der Waals surface area contributed by atoms with E-state index < -0.39 is 4.92 Å². The molecule has 0 saturated carbocycles. The summed E-state index contributed by atoms with van der Waals surface area (Å²) in [5, 5.41) is 37.5. The Labute approximate surface area is 154 Å². The molecule has 0 amide bonds. The lowest BCUT2D eigenvalue weighted by molar-refractivity contribution is -0.384. The number of aromatic hydroxyl groups is 2. The molecule has 10 nitrogen and oxygen atoms in total. The van der Waals surface area contributed by atoms with E-state index in [0.29, 0.717) is 11.3 Å². The molecule has 27 heavy (non-hydrogen) atoms. The van der Waals surface area contributed by atoms with Crippen molar-refractivity contribution in [2.24, 2.45) is 10.3 Å². The molecule has 0 atom stereocenters. The van der Waals surface area contributed by atoms with Gasteiger partial charge in [0.15, 0.2) is 24.7 Å². The van der Waals surface area contributed by atoms with Crippen molar-refractivity contribution in [1.29, 1.82) is 0 Å². The Kier molecular flexibility index (Phi) is 6.94. The number of hydrogen-bond acceptors (Lipinski definition) is 9. The molecule has 0 radical (unpaired) electrons. The highest BCUT2D eigenvalue weighted by Crippen LogP contribution is 2.28. The molecule has 0 saturated heterocycles. The Bertz CT molecular complexity index is 852. The summed E-state index contributed by atoms with van der Waals surface area (Å²) in [5.74, 6) is 0.109. The maximum atomic E-state index is 10.7. The molecule has 0 aliphatic carbocycles. The second-order valence-corrected chi connectivity index (χ2v) is 5.03. The van der Waals surface area contributed by atoms with Crippen molar-refractivity contribution >= 4 is 18.1 Å². The molecule has 0 unspecified atom stereocenters. The van der Waals surface area contributed by atoms with Gasteiger partial charge in [0.05, 0.1) is 24.5 Å².